The van der Waals surface area contributed by atoms with Crippen molar-refractivity contribution in [2.24, 2.45) is 11.5 Å². The van der Waals surface area contributed by atoms with Gasteiger partial charge in [-0.15, -0.1) is 11.5 Å². The lowest BCUT2D eigenvalue weighted by molar-refractivity contribution is 0.392. The number of rotatable bonds is 7. The summed E-state index contributed by atoms with van der Waals surface area (Å²) in [6, 6.07) is 0. The highest BCUT2D eigenvalue weighted by atomic mass is 14.7. The fourth-order valence-corrected chi connectivity index (χ4v) is 1.29. The molecule has 0 heterocycles. The number of nitrogens with two attached hydrogens (primary N) is 2. The summed E-state index contributed by atoms with van der Waals surface area (Å²) in [4.78, 5) is 0. The Hall–Kier alpha value is -1.04. The monoisotopic (exact) mass is 192 g/mol. The molecule has 0 bridgehead atoms. The first-order chi connectivity index (χ1) is 6.68. The summed E-state index contributed by atoms with van der Waals surface area (Å²) in [6.07, 6.45) is 7.12. The van der Waals surface area contributed by atoms with Crippen LogP contribution >= 0.6 is 0 Å². The maximum Gasteiger partial charge on any atom is 0.0236 e. The van der Waals surface area contributed by atoms with Crippen LogP contribution in [-0.4, -0.2) is 12.1 Å². The van der Waals surface area contributed by atoms with Crippen LogP contribution in [0.3, 0.4) is 0 Å². The second-order valence-corrected chi connectivity index (χ2v) is 3.48. The molecule has 0 saturated carbocycles. The molecule has 0 aliphatic rings. The van der Waals surface area contributed by atoms with Crippen molar-refractivity contribution in [1.29, 1.82) is 0 Å². The second-order valence-electron chi connectivity index (χ2n) is 3.48. The normalized spacial score (nSPS) is 13.6. The van der Waals surface area contributed by atoms with Gasteiger partial charge in [-0.25, -0.2) is 0 Å². The molecule has 0 unspecified atom stereocenters. The van der Waals surface area contributed by atoms with Gasteiger partial charge in [-0.2, -0.15) is 0 Å². The third-order valence-electron chi connectivity index (χ3n) is 2.18. The zero-order valence-electron chi connectivity index (χ0n) is 8.76. The van der Waals surface area contributed by atoms with Crippen molar-refractivity contribution >= 4 is 0 Å². The smallest absolute Gasteiger partial charge is 0.0236 e. The number of hydrogen-bond donors (Lipinski definition) is 2. The predicted molar refractivity (Wildman–Crippen MR) is 61.9 cm³/mol. The highest BCUT2D eigenvalue weighted by molar-refractivity contribution is 4.98. The second kappa shape index (κ2) is 7.37. The largest absolute Gasteiger partial charge is 0.330 e. The Morgan fingerprint density at radius 2 is 1.64 bits per heavy atom. The van der Waals surface area contributed by atoms with Crippen molar-refractivity contribution in [3.05, 3.63) is 36.8 Å². The highest BCUT2D eigenvalue weighted by Gasteiger charge is 2.20. The highest BCUT2D eigenvalue weighted by Crippen LogP contribution is 2.19. The van der Waals surface area contributed by atoms with Gasteiger partial charge in [0.05, 0.1) is 0 Å². The molecule has 0 saturated heterocycles. The maximum absolute atomic E-state index is 6.20. The molecule has 14 heavy (non-hydrogen) atoms. The van der Waals surface area contributed by atoms with E-state index in [2.05, 4.69) is 24.6 Å². The molecule has 0 radical (unpaired) electrons. The summed E-state index contributed by atoms with van der Waals surface area (Å²) in [5.74, 6) is 0. The van der Waals surface area contributed by atoms with Gasteiger partial charge in [0.25, 0.3) is 0 Å². The third kappa shape index (κ3) is 5.58. The van der Waals surface area contributed by atoms with E-state index in [1.54, 1.807) is 0 Å². The van der Waals surface area contributed by atoms with Crippen LogP contribution in [0.2, 0.25) is 0 Å². The molecule has 0 fully saturated rings. The van der Waals surface area contributed by atoms with E-state index >= 15 is 0 Å². The topological polar surface area (TPSA) is 52.0 Å². The Labute approximate surface area is 86.7 Å². The Morgan fingerprint density at radius 3 is 2.00 bits per heavy atom. The molecule has 2 heteroatoms. The summed E-state index contributed by atoms with van der Waals surface area (Å²) in [7, 11) is 0. The molecule has 0 aliphatic carbocycles. The molecule has 0 aromatic heterocycles. The molecule has 2 nitrogen and oxygen atoms in total. The molecule has 0 spiro atoms. The van der Waals surface area contributed by atoms with E-state index in [0.29, 0.717) is 6.54 Å². The summed E-state index contributed by atoms with van der Waals surface area (Å²) in [6.45, 7) is 7.73. The van der Waals surface area contributed by atoms with E-state index in [9.17, 15) is 0 Å². The molecular weight excluding hydrogens is 172 g/mol. The van der Waals surface area contributed by atoms with Gasteiger partial charge in [0.2, 0.25) is 0 Å². The predicted octanol–water partition coefficient (Wildman–Crippen LogP) is 1.89. The molecule has 0 atom stereocenters. The average Bonchev–Trinajstić information content (AvgIpc) is 2.21. The molecule has 4 N–H and O–H groups in total. The quantitative estimate of drug-likeness (QED) is 0.605. The first-order valence-corrected chi connectivity index (χ1v) is 4.86. The summed E-state index contributed by atoms with van der Waals surface area (Å²) >= 11 is 0. The van der Waals surface area contributed by atoms with E-state index in [-0.39, 0.29) is 5.54 Å². The van der Waals surface area contributed by atoms with Crippen LogP contribution in [0.5, 0.6) is 0 Å². The van der Waals surface area contributed by atoms with Crippen molar-refractivity contribution < 1.29 is 0 Å². The Balaban J connectivity index is 4.29. The summed E-state index contributed by atoms with van der Waals surface area (Å²) < 4.78 is 0. The SMILES string of the molecule is C=C=CCC(N)(CC=C=C)CCCN. The van der Waals surface area contributed by atoms with Gasteiger partial charge in [0.15, 0.2) is 0 Å². The minimum absolute atomic E-state index is 0.241. The molecule has 0 amide bonds. The van der Waals surface area contributed by atoms with Crippen LogP contribution in [0.15, 0.2) is 36.8 Å². The molecule has 0 aromatic carbocycles. The van der Waals surface area contributed by atoms with Gasteiger partial charge in [-0.05, 0) is 44.4 Å². The van der Waals surface area contributed by atoms with Gasteiger partial charge >= 0.3 is 0 Å². The van der Waals surface area contributed by atoms with Crippen molar-refractivity contribution in [2.45, 2.75) is 31.2 Å². The van der Waals surface area contributed by atoms with E-state index in [1.165, 1.54) is 0 Å². The molecule has 0 aliphatic heterocycles. The maximum atomic E-state index is 6.20. The van der Waals surface area contributed by atoms with Gasteiger partial charge in [0.1, 0.15) is 0 Å². The van der Waals surface area contributed by atoms with Crippen LogP contribution in [0.25, 0.3) is 0 Å². The van der Waals surface area contributed by atoms with E-state index in [4.69, 9.17) is 11.5 Å². The lowest BCUT2D eigenvalue weighted by atomic mass is 9.87. The molecule has 78 valence electrons. The lowest BCUT2D eigenvalue weighted by Gasteiger charge is -2.26. The Kier molecular flexibility index (Phi) is 6.82. The minimum atomic E-state index is -0.241. The fraction of sp³-hybridized carbons (Fsp3) is 0.500. The third-order valence-corrected chi connectivity index (χ3v) is 2.18. The van der Waals surface area contributed by atoms with E-state index in [0.717, 1.165) is 25.7 Å². The van der Waals surface area contributed by atoms with Gasteiger partial charge in [-0.1, -0.05) is 13.2 Å². The zero-order valence-corrected chi connectivity index (χ0v) is 8.76. The molecular formula is C12H20N2. The zero-order chi connectivity index (χ0) is 10.9. The van der Waals surface area contributed by atoms with Crippen LogP contribution in [-0.2, 0) is 0 Å². The van der Waals surface area contributed by atoms with Crippen molar-refractivity contribution in [3.63, 3.8) is 0 Å². The minimum Gasteiger partial charge on any atom is -0.330 e. The van der Waals surface area contributed by atoms with Crippen LogP contribution < -0.4 is 11.5 Å². The Morgan fingerprint density at radius 1 is 1.14 bits per heavy atom. The van der Waals surface area contributed by atoms with E-state index in [1.807, 2.05) is 12.2 Å². The molecule has 0 aromatic rings. The fourth-order valence-electron chi connectivity index (χ4n) is 1.29. The average molecular weight is 192 g/mol. The van der Waals surface area contributed by atoms with Gasteiger partial charge in [0, 0.05) is 5.54 Å². The number of hydrogen-bond acceptors (Lipinski definition) is 2. The lowest BCUT2D eigenvalue weighted by Crippen LogP contribution is -2.39. The van der Waals surface area contributed by atoms with Crippen molar-refractivity contribution in [2.75, 3.05) is 6.54 Å². The van der Waals surface area contributed by atoms with Crippen LogP contribution in [0, 0.1) is 0 Å². The van der Waals surface area contributed by atoms with Crippen molar-refractivity contribution in [3.8, 4) is 0 Å². The van der Waals surface area contributed by atoms with Crippen LogP contribution in [0.4, 0.5) is 0 Å². The van der Waals surface area contributed by atoms with E-state index < -0.39 is 0 Å². The first kappa shape index (κ1) is 13.0. The molecule has 0 rings (SSSR count). The summed E-state index contributed by atoms with van der Waals surface area (Å²) in [5, 5.41) is 0. The first-order valence-electron chi connectivity index (χ1n) is 4.86. The Bertz CT molecular complexity index is 223. The van der Waals surface area contributed by atoms with Gasteiger partial charge in [-0.3, -0.25) is 0 Å². The standard InChI is InChI=1S/C12H20N2/c1-3-5-8-12(14,9-6-4-2)10-7-11-13/h5-6H,1-2,7-11,13-14H2. The van der Waals surface area contributed by atoms with Gasteiger partial charge < -0.3 is 11.5 Å². The van der Waals surface area contributed by atoms with Crippen LogP contribution in [0.1, 0.15) is 25.7 Å². The summed E-state index contributed by atoms with van der Waals surface area (Å²) in [5.41, 5.74) is 16.9. The van der Waals surface area contributed by atoms with Crippen molar-refractivity contribution in [1.82, 2.24) is 0 Å².